The first-order valence-electron chi connectivity index (χ1n) is 3.77. The van der Waals surface area contributed by atoms with Crippen molar-refractivity contribution in [2.24, 2.45) is 0 Å². The number of H-pyrrole nitrogens is 1. The van der Waals surface area contributed by atoms with Crippen LogP contribution in [0.2, 0.25) is 0 Å². The predicted molar refractivity (Wildman–Crippen MR) is 52.8 cm³/mol. The highest BCUT2D eigenvalue weighted by Gasteiger charge is 1.97. The fourth-order valence-electron chi connectivity index (χ4n) is 0.961. The van der Waals surface area contributed by atoms with Crippen LogP contribution in [0.15, 0.2) is 41.1 Å². The van der Waals surface area contributed by atoms with Gasteiger partial charge in [-0.3, -0.25) is 5.10 Å². The van der Waals surface area contributed by atoms with Crippen molar-refractivity contribution in [3.63, 3.8) is 0 Å². The lowest BCUT2D eigenvalue weighted by molar-refractivity contribution is 0.482. The van der Waals surface area contributed by atoms with Crippen molar-refractivity contribution >= 4 is 15.9 Å². The van der Waals surface area contributed by atoms with Crippen LogP contribution in [0.3, 0.4) is 0 Å². The number of aromatic nitrogens is 2. The Morgan fingerprint density at radius 1 is 1.31 bits per heavy atom. The van der Waals surface area contributed by atoms with E-state index in [2.05, 4.69) is 26.1 Å². The minimum atomic E-state index is 0.707. The summed E-state index contributed by atoms with van der Waals surface area (Å²) in [6.07, 6.45) is 3.32. The van der Waals surface area contributed by atoms with Gasteiger partial charge in [-0.05, 0) is 18.2 Å². The average Bonchev–Trinajstić information content (AvgIpc) is 2.57. The van der Waals surface area contributed by atoms with Crippen molar-refractivity contribution in [1.82, 2.24) is 10.2 Å². The molecule has 0 saturated heterocycles. The normalized spacial score (nSPS) is 9.92. The second-order valence-electron chi connectivity index (χ2n) is 2.49. The third kappa shape index (κ3) is 2.09. The summed E-state index contributed by atoms with van der Waals surface area (Å²) >= 11 is 3.36. The Morgan fingerprint density at radius 2 is 2.23 bits per heavy atom. The monoisotopic (exact) mass is 238 g/mol. The third-order valence-electron chi connectivity index (χ3n) is 1.50. The maximum atomic E-state index is 5.48. The molecule has 4 heteroatoms. The van der Waals surface area contributed by atoms with Crippen molar-refractivity contribution in [2.75, 3.05) is 0 Å². The second kappa shape index (κ2) is 3.62. The highest BCUT2D eigenvalue weighted by molar-refractivity contribution is 9.10. The minimum absolute atomic E-state index is 0.707. The molecule has 0 bridgehead atoms. The second-order valence-corrected chi connectivity index (χ2v) is 3.41. The zero-order valence-electron chi connectivity index (χ0n) is 6.70. The van der Waals surface area contributed by atoms with Gasteiger partial charge in [0.25, 0.3) is 0 Å². The molecular weight excluding hydrogens is 232 g/mol. The van der Waals surface area contributed by atoms with E-state index in [4.69, 9.17) is 4.74 Å². The molecule has 1 aromatic carbocycles. The zero-order valence-corrected chi connectivity index (χ0v) is 8.28. The summed E-state index contributed by atoms with van der Waals surface area (Å²) in [5.74, 6) is 1.49. The molecule has 66 valence electrons. The van der Waals surface area contributed by atoms with Crippen LogP contribution in [0.1, 0.15) is 0 Å². The van der Waals surface area contributed by atoms with Crippen LogP contribution in [0.4, 0.5) is 0 Å². The van der Waals surface area contributed by atoms with E-state index in [0.717, 1.165) is 10.2 Å². The van der Waals surface area contributed by atoms with E-state index in [1.54, 1.807) is 12.4 Å². The number of halogens is 1. The molecule has 2 aromatic rings. The number of nitrogens with one attached hydrogen (secondary N) is 1. The highest BCUT2D eigenvalue weighted by Crippen LogP contribution is 2.22. The van der Waals surface area contributed by atoms with Crippen LogP contribution in [-0.4, -0.2) is 10.2 Å². The lowest BCUT2D eigenvalue weighted by Gasteiger charge is -2.01. The largest absolute Gasteiger partial charge is 0.454 e. The van der Waals surface area contributed by atoms with E-state index in [-0.39, 0.29) is 0 Å². The van der Waals surface area contributed by atoms with Crippen molar-refractivity contribution in [1.29, 1.82) is 0 Å². The van der Waals surface area contributed by atoms with Crippen LogP contribution in [0.25, 0.3) is 0 Å². The Balaban J connectivity index is 2.19. The van der Waals surface area contributed by atoms with Gasteiger partial charge in [-0.15, -0.1) is 0 Å². The molecule has 0 atom stereocenters. The Kier molecular flexibility index (Phi) is 2.31. The molecule has 0 fully saturated rings. The van der Waals surface area contributed by atoms with Gasteiger partial charge >= 0.3 is 0 Å². The van der Waals surface area contributed by atoms with Gasteiger partial charge in [0.15, 0.2) is 5.75 Å². The molecule has 2 rings (SSSR count). The number of hydrogen-bond donors (Lipinski definition) is 1. The van der Waals surface area contributed by atoms with Crippen LogP contribution < -0.4 is 4.74 Å². The number of ether oxygens (including phenoxy) is 1. The lowest BCUT2D eigenvalue weighted by Crippen LogP contribution is -1.80. The van der Waals surface area contributed by atoms with E-state index < -0.39 is 0 Å². The van der Waals surface area contributed by atoms with E-state index in [1.807, 2.05) is 24.3 Å². The summed E-state index contributed by atoms with van der Waals surface area (Å²) in [5.41, 5.74) is 0. The molecular formula is C9H7BrN2O. The van der Waals surface area contributed by atoms with Crippen molar-refractivity contribution in [3.05, 3.63) is 41.1 Å². The number of benzene rings is 1. The van der Waals surface area contributed by atoms with Crippen LogP contribution in [0.5, 0.6) is 11.5 Å². The summed E-state index contributed by atoms with van der Waals surface area (Å²) in [7, 11) is 0. The van der Waals surface area contributed by atoms with Crippen molar-refractivity contribution in [2.45, 2.75) is 0 Å². The highest BCUT2D eigenvalue weighted by atomic mass is 79.9. The molecule has 3 nitrogen and oxygen atoms in total. The summed E-state index contributed by atoms with van der Waals surface area (Å²) in [4.78, 5) is 0. The van der Waals surface area contributed by atoms with Crippen molar-refractivity contribution < 1.29 is 4.74 Å². The van der Waals surface area contributed by atoms with Crippen LogP contribution in [0, 0.1) is 0 Å². The first kappa shape index (κ1) is 8.31. The van der Waals surface area contributed by atoms with E-state index in [0.29, 0.717) is 5.75 Å². The smallest absolute Gasteiger partial charge is 0.165 e. The Hall–Kier alpha value is -1.29. The summed E-state index contributed by atoms with van der Waals surface area (Å²) in [6, 6.07) is 7.65. The van der Waals surface area contributed by atoms with E-state index >= 15 is 0 Å². The third-order valence-corrected chi connectivity index (χ3v) is 2.00. The number of nitrogens with zero attached hydrogens (tertiary/aromatic N) is 1. The number of rotatable bonds is 2. The molecule has 0 aliphatic heterocycles. The maximum Gasteiger partial charge on any atom is 0.165 e. The van der Waals surface area contributed by atoms with Gasteiger partial charge in [-0.2, -0.15) is 5.10 Å². The molecule has 0 aliphatic carbocycles. The fraction of sp³-hybridized carbons (Fsp3) is 0. The average molecular weight is 239 g/mol. The van der Waals surface area contributed by atoms with Gasteiger partial charge in [0, 0.05) is 4.47 Å². The molecule has 0 unspecified atom stereocenters. The lowest BCUT2D eigenvalue weighted by atomic mass is 10.3. The molecule has 1 heterocycles. The molecule has 0 saturated carbocycles. The Bertz CT molecular complexity index is 386. The van der Waals surface area contributed by atoms with Gasteiger partial charge in [0.1, 0.15) is 5.75 Å². The molecule has 1 N–H and O–H groups in total. The zero-order chi connectivity index (χ0) is 9.10. The van der Waals surface area contributed by atoms with Crippen molar-refractivity contribution in [3.8, 4) is 11.5 Å². The summed E-state index contributed by atoms with van der Waals surface area (Å²) in [6.45, 7) is 0. The molecule has 0 amide bonds. The van der Waals surface area contributed by atoms with Gasteiger partial charge in [-0.25, -0.2) is 0 Å². The maximum absolute atomic E-state index is 5.48. The molecule has 0 aliphatic rings. The van der Waals surface area contributed by atoms with Gasteiger partial charge in [0.05, 0.1) is 12.4 Å². The van der Waals surface area contributed by atoms with Gasteiger partial charge in [-0.1, -0.05) is 22.0 Å². The first-order valence-corrected chi connectivity index (χ1v) is 4.56. The Labute approximate surface area is 83.9 Å². The Morgan fingerprint density at radius 3 is 2.92 bits per heavy atom. The SMILES string of the molecule is Brc1cccc(Oc2cn[nH]c2)c1. The van der Waals surface area contributed by atoms with E-state index in [1.165, 1.54) is 0 Å². The minimum Gasteiger partial charge on any atom is -0.454 e. The van der Waals surface area contributed by atoms with Gasteiger partial charge < -0.3 is 4.74 Å². The summed E-state index contributed by atoms with van der Waals surface area (Å²) in [5, 5.41) is 6.46. The first-order chi connectivity index (χ1) is 6.34. The van der Waals surface area contributed by atoms with Crippen LogP contribution in [-0.2, 0) is 0 Å². The topological polar surface area (TPSA) is 37.9 Å². The van der Waals surface area contributed by atoms with Gasteiger partial charge in [0.2, 0.25) is 0 Å². The predicted octanol–water partition coefficient (Wildman–Crippen LogP) is 2.96. The standard InChI is InChI=1S/C9H7BrN2O/c10-7-2-1-3-8(4-7)13-9-5-11-12-6-9/h1-6H,(H,11,12). The summed E-state index contributed by atoms with van der Waals surface area (Å²) < 4.78 is 6.47. The van der Waals surface area contributed by atoms with Crippen LogP contribution >= 0.6 is 15.9 Å². The number of aromatic amines is 1. The molecule has 0 radical (unpaired) electrons. The quantitative estimate of drug-likeness (QED) is 0.874. The van der Waals surface area contributed by atoms with E-state index in [9.17, 15) is 0 Å². The molecule has 0 spiro atoms. The molecule has 13 heavy (non-hydrogen) atoms. The fourth-order valence-corrected chi connectivity index (χ4v) is 1.34. The molecule has 1 aromatic heterocycles. The number of hydrogen-bond acceptors (Lipinski definition) is 2.